The Kier molecular flexibility index (Phi) is 5.97. The van der Waals surface area contributed by atoms with Crippen LogP contribution in [0.1, 0.15) is 16.2 Å². The first-order chi connectivity index (χ1) is 14.1. The van der Waals surface area contributed by atoms with Crippen molar-refractivity contribution in [3.63, 3.8) is 0 Å². The molecule has 0 aliphatic heterocycles. The number of para-hydroxylation sites is 2. The van der Waals surface area contributed by atoms with E-state index in [1.807, 2.05) is 46.7 Å². The highest BCUT2D eigenvalue weighted by molar-refractivity contribution is 7.10. The van der Waals surface area contributed by atoms with Crippen molar-refractivity contribution in [2.24, 2.45) is 7.05 Å². The van der Waals surface area contributed by atoms with E-state index in [2.05, 4.69) is 17.5 Å². The predicted octanol–water partition coefficient (Wildman–Crippen LogP) is 4.12. The molecule has 0 unspecified atom stereocenters. The van der Waals surface area contributed by atoms with E-state index in [1.54, 1.807) is 38.9 Å². The van der Waals surface area contributed by atoms with Crippen LogP contribution >= 0.6 is 22.7 Å². The maximum atomic E-state index is 13.1. The highest BCUT2D eigenvalue weighted by Crippen LogP contribution is 2.16. The molecule has 4 rings (SSSR count). The van der Waals surface area contributed by atoms with E-state index < -0.39 is 0 Å². The summed E-state index contributed by atoms with van der Waals surface area (Å²) in [6.07, 6.45) is 1.16. The highest BCUT2D eigenvalue weighted by Gasteiger charge is 2.17. The fourth-order valence-electron chi connectivity index (χ4n) is 3.53. The number of nitrogens with zero attached hydrogens (tertiary/aromatic N) is 3. The first-order valence-electron chi connectivity index (χ1n) is 9.60. The fraction of sp³-hybridized carbons (Fsp3) is 0.273. The molecule has 0 aliphatic rings. The summed E-state index contributed by atoms with van der Waals surface area (Å²) < 4.78 is 3.34. The van der Waals surface area contributed by atoms with E-state index in [1.165, 1.54) is 9.75 Å². The molecule has 0 bridgehead atoms. The summed E-state index contributed by atoms with van der Waals surface area (Å²) in [5.41, 5.74) is 1.68. The summed E-state index contributed by atoms with van der Waals surface area (Å²) in [5.74, 6) is 0.0785. The third-order valence-electron chi connectivity index (χ3n) is 5.09. The molecule has 29 heavy (non-hydrogen) atoms. The van der Waals surface area contributed by atoms with Crippen molar-refractivity contribution in [3.8, 4) is 0 Å². The molecule has 0 N–H and O–H groups in total. The number of carbonyl (C=O) groups is 1. The third-order valence-corrected chi connectivity index (χ3v) is 6.89. The van der Waals surface area contributed by atoms with Gasteiger partial charge in [0.15, 0.2) is 0 Å². The van der Waals surface area contributed by atoms with E-state index in [0.29, 0.717) is 26.1 Å². The topological polar surface area (TPSA) is 47.2 Å². The number of imidazole rings is 1. The predicted molar refractivity (Wildman–Crippen MR) is 120 cm³/mol. The van der Waals surface area contributed by atoms with Crippen molar-refractivity contribution in [3.05, 3.63) is 79.5 Å². The SMILES string of the molecule is Cn1c(=O)n(CCC(=O)N(CCc2cccs2)Cc2cccs2)c2ccccc21. The maximum Gasteiger partial charge on any atom is 0.328 e. The van der Waals surface area contributed by atoms with Gasteiger partial charge in [-0.05, 0) is 41.4 Å². The molecule has 0 radical (unpaired) electrons. The van der Waals surface area contributed by atoms with Crippen molar-refractivity contribution in [2.45, 2.75) is 25.9 Å². The quantitative estimate of drug-likeness (QED) is 0.426. The van der Waals surface area contributed by atoms with Gasteiger partial charge in [-0.1, -0.05) is 24.3 Å². The van der Waals surface area contributed by atoms with E-state index in [0.717, 1.165) is 17.5 Å². The van der Waals surface area contributed by atoms with Gasteiger partial charge in [0.1, 0.15) is 0 Å². The smallest absolute Gasteiger partial charge is 0.328 e. The third kappa shape index (κ3) is 4.36. The van der Waals surface area contributed by atoms with Crippen molar-refractivity contribution < 1.29 is 4.79 Å². The number of thiophene rings is 2. The Labute approximate surface area is 177 Å². The van der Waals surface area contributed by atoms with Crippen LogP contribution in [-0.4, -0.2) is 26.5 Å². The molecule has 0 saturated carbocycles. The molecular weight excluding hydrogens is 402 g/mol. The van der Waals surface area contributed by atoms with Crippen LogP contribution in [0.4, 0.5) is 0 Å². The number of aryl methyl sites for hydroxylation is 2. The molecule has 0 atom stereocenters. The van der Waals surface area contributed by atoms with Gasteiger partial charge in [0.25, 0.3) is 0 Å². The van der Waals surface area contributed by atoms with E-state index in [-0.39, 0.29) is 11.6 Å². The number of amides is 1. The number of benzene rings is 1. The summed E-state index contributed by atoms with van der Waals surface area (Å²) in [6.45, 7) is 1.69. The largest absolute Gasteiger partial charge is 0.337 e. The van der Waals surface area contributed by atoms with Gasteiger partial charge in [0.2, 0.25) is 5.91 Å². The standard InChI is InChI=1S/C22H23N3O2S2/c1-23-19-8-2-3-9-20(19)25(22(23)27)13-11-21(26)24(16-18-7-5-15-29-18)12-10-17-6-4-14-28-17/h2-9,14-15H,10-13,16H2,1H3. The zero-order valence-corrected chi connectivity index (χ0v) is 17.9. The second-order valence-corrected chi connectivity index (χ2v) is 9.02. The molecule has 0 spiro atoms. The van der Waals surface area contributed by atoms with Gasteiger partial charge in [0, 0.05) is 36.3 Å². The van der Waals surface area contributed by atoms with Crippen LogP contribution in [0.15, 0.2) is 64.1 Å². The van der Waals surface area contributed by atoms with Crippen LogP contribution in [0, 0.1) is 0 Å². The number of rotatable bonds is 8. The van der Waals surface area contributed by atoms with Gasteiger partial charge in [-0.25, -0.2) is 4.79 Å². The molecule has 5 nitrogen and oxygen atoms in total. The zero-order chi connectivity index (χ0) is 20.2. The van der Waals surface area contributed by atoms with Crippen LogP contribution in [0.2, 0.25) is 0 Å². The lowest BCUT2D eigenvalue weighted by Crippen LogP contribution is -2.33. The van der Waals surface area contributed by atoms with Gasteiger partial charge >= 0.3 is 5.69 Å². The molecule has 7 heteroatoms. The minimum absolute atomic E-state index is 0.0785. The van der Waals surface area contributed by atoms with Gasteiger partial charge in [-0.2, -0.15) is 0 Å². The van der Waals surface area contributed by atoms with Crippen LogP contribution in [0.3, 0.4) is 0 Å². The lowest BCUT2D eigenvalue weighted by atomic mass is 10.2. The van der Waals surface area contributed by atoms with E-state index in [9.17, 15) is 9.59 Å². The highest BCUT2D eigenvalue weighted by atomic mass is 32.1. The van der Waals surface area contributed by atoms with Crippen LogP contribution < -0.4 is 5.69 Å². The Bertz CT molecular complexity index is 1140. The number of hydrogen-bond donors (Lipinski definition) is 0. The number of aromatic nitrogens is 2. The Hall–Kier alpha value is -2.64. The average molecular weight is 426 g/mol. The molecule has 3 aromatic heterocycles. The summed E-state index contributed by atoms with van der Waals surface area (Å²) in [5, 5.41) is 4.10. The second kappa shape index (κ2) is 8.80. The van der Waals surface area contributed by atoms with E-state index >= 15 is 0 Å². The van der Waals surface area contributed by atoms with Crippen molar-refractivity contribution >= 4 is 39.6 Å². The van der Waals surface area contributed by atoms with Crippen LogP contribution in [0.25, 0.3) is 11.0 Å². The lowest BCUT2D eigenvalue weighted by molar-refractivity contribution is -0.132. The van der Waals surface area contributed by atoms with Gasteiger partial charge in [-0.3, -0.25) is 13.9 Å². The molecule has 150 valence electrons. The molecule has 1 amide bonds. The molecular formula is C22H23N3O2S2. The molecule has 0 aliphatic carbocycles. The zero-order valence-electron chi connectivity index (χ0n) is 16.3. The minimum Gasteiger partial charge on any atom is -0.337 e. The Morgan fingerprint density at radius 3 is 2.34 bits per heavy atom. The Morgan fingerprint density at radius 1 is 0.966 bits per heavy atom. The van der Waals surface area contributed by atoms with Crippen LogP contribution in [0.5, 0.6) is 0 Å². The van der Waals surface area contributed by atoms with E-state index in [4.69, 9.17) is 0 Å². The van der Waals surface area contributed by atoms with Gasteiger partial charge in [-0.15, -0.1) is 22.7 Å². The summed E-state index contributed by atoms with van der Waals surface area (Å²) >= 11 is 3.38. The molecule has 1 aromatic carbocycles. The Balaban J connectivity index is 1.49. The number of hydrogen-bond acceptors (Lipinski definition) is 4. The molecule has 4 aromatic rings. The normalized spacial score (nSPS) is 11.2. The average Bonchev–Trinajstić information content (AvgIpc) is 3.48. The van der Waals surface area contributed by atoms with Gasteiger partial charge in [0.05, 0.1) is 17.6 Å². The molecule has 0 saturated heterocycles. The van der Waals surface area contributed by atoms with Crippen molar-refractivity contribution in [1.82, 2.24) is 14.0 Å². The number of carbonyl (C=O) groups excluding carboxylic acids is 1. The van der Waals surface area contributed by atoms with Crippen molar-refractivity contribution in [1.29, 1.82) is 0 Å². The van der Waals surface area contributed by atoms with Gasteiger partial charge < -0.3 is 4.90 Å². The molecule has 0 fully saturated rings. The summed E-state index contributed by atoms with van der Waals surface area (Å²) in [4.78, 5) is 30.0. The summed E-state index contributed by atoms with van der Waals surface area (Å²) in [7, 11) is 1.77. The second-order valence-electron chi connectivity index (χ2n) is 6.96. The first kappa shape index (κ1) is 19.7. The first-order valence-corrected chi connectivity index (χ1v) is 11.4. The van der Waals surface area contributed by atoms with Crippen LogP contribution in [-0.2, 0) is 31.4 Å². The minimum atomic E-state index is -0.0811. The van der Waals surface area contributed by atoms with Crippen molar-refractivity contribution in [2.75, 3.05) is 6.54 Å². The Morgan fingerprint density at radius 2 is 1.66 bits per heavy atom. The number of fused-ring (bicyclic) bond motifs is 1. The summed E-state index contributed by atoms with van der Waals surface area (Å²) in [6, 6.07) is 15.9. The maximum absolute atomic E-state index is 13.1. The molecule has 3 heterocycles. The fourth-order valence-corrected chi connectivity index (χ4v) is 4.95. The monoisotopic (exact) mass is 425 g/mol. The lowest BCUT2D eigenvalue weighted by Gasteiger charge is -2.22.